The molecule has 104 valence electrons. The maximum atomic E-state index is 9.58. The van der Waals surface area contributed by atoms with Crippen molar-refractivity contribution in [1.82, 2.24) is 0 Å². The summed E-state index contributed by atoms with van der Waals surface area (Å²) in [5.74, 6) is 0.722. The van der Waals surface area contributed by atoms with Gasteiger partial charge in [-0.05, 0) is 12.8 Å². The summed E-state index contributed by atoms with van der Waals surface area (Å²) >= 11 is 5.57. The molecule has 0 saturated heterocycles. The lowest BCUT2D eigenvalue weighted by molar-refractivity contribution is -0.00464. The summed E-state index contributed by atoms with van der Waals surface area (Å²) < 4.78 is 10.3. The molecule has 0 aliphatic heterocycles. The van der Waals surface area contributed by atoms with Gasteiger partial charge in [-0.3, -0.25) is 0 Å². The van der Waals surface area contributed by atoms with Crippen molar-refractivity contribution in [2.24, 2.45) is 0 Å². The van der Waals surface area contributed by atoms with Crippen molar-refractivity contribution in [1.29, 1.82) is 0 Å². The first-order valence-electron chi connectivity index (χ1n) is 6.31. The predicted molar refractivity (Wildman–Crippen MR) is 68.5 cm³/mol. The quantitative estimate of drug-likeness (QED) is 0.393. The first kappa shape index (κ1) is 17.1. The molecule has 0 fully saturated rings. The summed E-state index contributed by atoms with van der Waals surface area (Å²) in [5, 5.41) is 18.0. The Bertz CT molecular complexity index is 146. The number of ether oxygens (including phenoxy) is 2. The third kappa shape index (κ3) is 14.1. The molecule has 0 bridgehead atoms. The van der Waals surface area contributed by atoms with Crippen molar-refractivity contribution < 1.29 is 19.7 Å². The third-order valence-corrected chi connectivity index (χ3v) is 2.61. The fourth-order valence-electron chi connectivity index (χ4n) is 1.42. The molecule has 0 amide bonds. The van der Waals surface area contributed by atoms with E-state index in [9.17, 15) is 5.11 Å². The van der Waals surface area contributed by atoms with Crippen molar-refractivity contribution in [2.45, 2.75) is 38.2 Å². The van der Waals surface area contributed by atoms with E-state index in [-0.39, 0.29) is 12.7 Å². The molecule has 17 heavy (non-hydrogen) atoms. The van der Waals surface area contributed by atoms with Crippen LogP contribution in [-0.2, 0) is 9.47 Å². The molecule has 0 aromatic rings. The minimum absolute atomic E-state index is 0.0327. The van der Waals surface area contributed by atoms with E-state index in [2.05, 4.69) is 0 Å². The first-order valence-corrected chi connectivity index (χ1v) is 6.85. The number of rotatable bonds is 13. The van der Waals surface area contributed by atoms with Crippen LogP contribution in [0.5, 0.6) is 0 Å². The monoisotopic (exact) mass is 268 g/mol. The summed E-state index contributed by atoms with van der Waals surface area (Å²) in [6, 6.07) is 0. The molecule has 5 heteroatoms. The largest absolute Gasteiger partial charge is 0.394 e. The fraction of sp³-hybridized carbons (Fsp3) is 1.00. The van der Waals surface area contributed by atoms with Gasteiger partial charge in [0.1, 0.15) is 0 Å². The Labute approximate surface area is 109 Å². The summed E-state index contributed by atoms with van der Waals surface area (Å²) in [7, 11) is 0. The molecule has 0 rings (SSSR count). The predicted octanol–water partition coefficient (Wildman–Crippen LogP) is 1.56. The smallest absolute Gasteiger partial charge is 0.0773 e. The molecule has 0 radical (unpaired) electrons. The average molecular weight is 269 g/mol. The molecule has 0 heterocycles. The van der Waals surface area contributed by atoms with Crippen molar-refractivity contribution >= 4 is 11.6 Å². The van der Waals surface area contributed by atoms with Crippen LogP contribution in [0.2, 0.25) is 0 Å². The topological polar surface area (TPSA) is 58.9 Å². The SMILES string of the molecule is OCCOCCOCC(O)CCCCCCCl. The highest BCUT2D eigenvalue weighted by atomic mass is 35.5. The molecular formula is C12H25ClO4. The summed E-state index contributed by atoms with van der Waals surface area (Å²) in [6.07, 6.45) is 4.71. The number of aliphatic hydroxyl groups is 2. The molecule has 4 nitrogen and oxygen atoms in total. The first-order chi connectivity index (χ1) is 8.31. The van der Waals surface area contributed by atoms with Gasteiger partial charge in [0.25, 0.3) is 0 Å². The van der Waals surface area contributed by atoms with E-state index in [1.54, 1.807) is 0 Å². The second kappa shape index (κ2) is 14.2. The summed E-state index contributed by atoms with van der Waals surface area (Å²) in [6.45, 7) is 1.65. The summed E-state index contributed by atoms with van der Waals surface area (Å²) in [4.78, 5) is 0. The fourth-order valence-corrected chi connectivity index (χ4v) is 1.60. The van der Waals surface area contributed by atoms with Gasteiger partial charge >= 0.3 is 0 Å². The zero-order chi connectivity index (χ0) is 12.8. The van der Waals surface area contributed by atoms with E-state index >= 15 is 0 Å². The highest BCUT2D eigenvalue weighted by molar-refractivity contribution is 6.17. The van der Waals surface area contributed by atoms with Crippen LogP contribution in [0.3, 0.4) is 0 Å². The zero-order valence-corrected chi connectivity index (χ0v) is 11.2. The molecule has 2 N–H and O–H groups in total. The van der Waals surface area contributed by atoms with Crippen molar-refractivity contribution in [2.75, 3.05) is 38.9 Å². The number of hydrogen-bond donors (Lipinski definition) is 2. The van der Waals surface area contributed by atoms with E-state index in [1.165, 1.54) is 0 Å². The lowest BCUT2D eigenvalue weighted by atomic mass is 10.1. The Balaban J connectivity index is 3.09. The lowest BCUT2D eigenvalue weighted by Crippen LogP contribution is -2.17. The molecule has 0 spiro atoms. The van der Waals surface area contributed by atoms with Crippen LogP contribution >= 0.6 is 11.6 Å². The van der Waals surface area contributed by atoms with Gasteiger partial charge in [-0.2, -0.15) is 0 Å². The van der Waals surface area contributed by atoms with E-state index in [0.29, 0.717) is 26.4 Å². The summed E-state index contributed by atoms with van der Waals surface area (Å²) in [5.41, 5.74) is 0. The second-order valence-electron chi connectivity index (χ2n) is 3.96. The molecule has 0 aromatic carbocycles. The number of halogens is 1. The van der Waals surface area contributed by atoms with Gasteiger partial charge in [0.05, 0.1) is 39.1 Å². The highest BCUT2D eigenvalue weighted by Crippen LogP contribution is 2.06. The van der Waals surface area contributed by atoms with E-state index < -0.39 is 0 Å². The number of alkyl halides is 1. The standard InChI is InChI=1S/C12H25ClO4/c13-6-4-2-1-3-5-12(15)11-17-10-9-16-8-7-14/h12,14-15H,1-11H2. The second-order valence-corrected chi connectivity index (χ2v) is 4.33. The van der Waals surface area contributed by atoms with Gasteiger partial charge in [0.15, 0.2) is 0 Å². The van der Waals surface area contributed by atoms with Gasteiger partial charge < -0.3 is 19.7 Å². The van der Waals surface area contributed by atoms with Crippen LogP contribution < -0.4 is 0 Å². The number of unbranched alkanes of at least 4 members (excludes halogenated alkanes) is 3. The van der Waals surface area contributed by atoms with E-state index in [4.69, 9.17) is 26.2 Å². The van der Waals surface area contributed by atoms with Crippen molar-refractivity contribution in [3.8, 4) is 0 Å². The number of aliphatic hydroxyl groups excluding tert-OH is 2. The molecule has 0 aromatic heterocycles. The molecular weight excluding hydrogens is 244 g/mol. The van der Waals surface area contributed by atoms with Crippen molar-refractivity contribution in [3.05, 3.63) is 0 Å². The van der Waals surface area contributed by atoms with Crippen LogP contribution in [0.15, 0.2) is 0 Å². The van der Waals surface area contributed by atoms with Crippen LogP contribution in [-0.4, -0.2) is 55.2 Å². The van der Waals surface area contributed by atoms with Crippen LogP contribution in [0.4, 0.5) is 0 Å². The van der Waals surface area contributed by atoms with Gasteiger partial charge in [-0.25, -0.2) is 0 Å². The maximum absolute atomic E-state index is 9.58. The van der Waals surface area contributed by atoms with Gasteiger partial charge in [-0.15, -0.1) is 11.6 Å². The minimum Gasteiger partial charge on any atom is -0.394 e. The average Bonchev–Trinajstić information content (AvgIpc) is 2.33. The van der Waals surface area contributed by atoms with Gasteiger partial charge in [0.2, 0.25) is 0 Å². The normalized spacial score (nSPS) is 12.9. The van der Waals surface area contributed by atoms with E-state index in [1.807, 2.05) is 0 Å². The highest BCUT2D eigenvalue weighted by Gasteiger charge is 2.03. The molecule has 1 unspecified atom stereocenters. The third-order valence-electron chi connectivity index (χ3n) is 2.34. The van der Waals surface area contributed by atoms with Crippen LogP contribution in [0, 0.1) is 0 Å². The number of hydrogen-bond acceptors (Lipinski definition) is 4. The Kier molecular flexibility index (Phi) is 14.3. The maximum Gasteiger partial charge on any atom is 0.0773 e. The van der Waals surface area contributed by atoms with Gasteiger partial charge in [-0.1, -0.05) is 19.3 Å². The minimum atomic E-state index is -0.385. The van der Waals surface area contributed by atoms with Crippen LogP contribution in [0.25, 0.3) is 0 Å². The Morgan fingerprint density at radius 2 is 1.65 bits per heavy atom. The van der Waals surface area contributed by atoms with Crippen LogP contribution in [0.1, 0.15) is 32.1 Å². The molecule has 0 aliphatic rings. The Hall–Kier alpha value is 0.130. The molecule has 1 atom stereocenters. The van der Waals surface area contributed by atoms with Crippen molar-refractivity contribution in [3.63, 3.8) is 0 Å². The van der Waals surface area contributed by atoms with E-state index in [0.717, 1.165) is 38.0 Å². The molecule has 0 saturated carbocycles. The Morgan fingerprint density at radius 1 is 0.941 bits per heavy atom. The Morgan fingerprint density at radius 3 is 2.35 bits per heavy atom. The zero-order valence-electron chi connectivity index (χ0n) is 10.4. The molecule has 0 aliphatic carbocycles. The van der Waals surface area contributed by atoms with Gasteiger partial charge in [0, 0.05) is 5.88 Å². The lowest BCUT2D eigenvalue weighted by Gasteiger charge is -2.11.